The molecule has 0 aliphatic heterocycles. The van der Waals surface area contributed by atoms with E-state index in [1.807, 2.05) is 0 Å². The zero-order valence-corrected chi connectivity index (χ0v) is 10.7. The Bertz CT molecular complexity index is 562. The summed E-state index contributed by atoms with van der Waals surface area (Å²) in [5.41, 5.74) is 7.44. The molecule has 0 aliphatic rings. The Morgan fingerprint density at radius 3 is 2.18 bits per heavy atom. The van der Waals surface area contributed by atoms with E-state index in [2.05, 4.69) is 69.8 Å². The molecule has 0 fully saturated rings. The quantitative estimate of drug-likeness (QED) is 0.692. The van der Waals surface area contributed by atoms with E-state index in [4.69, 9.17) is 0 Å². The number of benzene rings is 2. The first-order chi connectivity index (χ1) is 8.09. The molecular weight excluding hydrogens is 204 g/mol. The van der Waals surface area contributed by atoms with Gasteiger partial charge in [-0.05, 0) is 48.6 Å². The van der Waals surface area contributed by atoms with Gasteiger partial charge in [-0.1, -0.05) is 54.6 Å². The molecule has 0 atom stereocenters. The number of rotatable bonds is 2. The van der Waals surface area contributed by atoms with Gasteiger partial charge in [0.05, 0.1) is 0 Å². The molecule has 0 bridgehead atoms. The van der Waals surface area contributed by atoms with Crippen molar-refractivity contribution in [1.29, 1.82) is 0 Å². The van der Waals surface area contributed by atoms with Crippen molar-refractivity contribution in [3.8, 4) is 0 Å². The van der Waals surface area contributed by atoms with Crippen LogP contribution in [0.5, 0.6) is 0 Å². The fourth-order valence-corrected chi connectivity index (χ4v) is 2.12. The van der Waals surface area contributed by atoms with Gasteiger partial charge in [-0.2, -0.15) is 0 Å². The van der Waals surface area contributed by atoms with E-state index in [1.54, 1.807) is 0 Å². The van der Waals surface area contributed by atoms with Gasteiger partial charge in [-0.15, -0.1) is 0 Å². The number of hydrogen-bond donors (Lipinski definition) is 0. The highest BCUT2D eigenvalue weighted by atomic mass is 14.1. The molecule has 0 radical (unpaired) electrons. The second-order valence-corrected chi connectivity index (χ2v) is 4.61. The summed E-state index contributed by atoms with van der Waals surface area (Å²) in [6.07, 6.45) is 0. The molecular formula is C17H18. The molecule has 0 unspecified atom stereocenters. The van der Waals surface area contributed by atoms with Gasteiger partial charge in [0.25, 0.3) is 0 Å². The normalized spacial score (nSPS) is 10.3. The smallest absolute Gasteiger partial charge is 0.0152 e. The Kier molecular flexibility index (Phi) is 3.14. The van der Waals surface area contributed by atoms with E-state index in [1.165, 1.54) is 27.8 Å². The van der Waals surface area contributed by atoms with Crippen LogP contribution in [0, 0.1) is 20.8 Å². The summed E-state index contributed by atoms with van der Waals surface area (Å²) in [5.74, 6) is 0. The van der Waals surface area contributed by atoms with E-state index in [0.717, 1.165) is 5.57 Å². The highest BCUT2D eigenvalue weighted by Gasteiger charge is 2.07. The molecule has 17 heavy (non-hydrogen) atoms. The second kappa shape index (κ2) is 4.58. The third-order valence-electron chi connectivity index (χ3n) is 3.19. The Morgan fingerprint density at radius 1 is 0.824 bits per heavy atom. The molecule has 0 spiro atoms. The minimum atomic E-state index is 1.12. The first-order valence-corrected chi connectivity index (χ1v) is 5.92. The minimum Gasteiger partial charge on any atom is -0.0905 e. The van der Waals surface area contributed by atoms with Gasteiger partial charge < -0.3 is 0 Å². The van der Waals surface area contributed by atoms with Crippen molar-refractivity contribution in [2.24, 2.45) is 0 Å². The summed E-state index contributed by atoms with van der Waals surface area (Å²) in [6, 6.07) is 14.9. The predicted octanol–water partition coefficient (Wildman–Crippen LogP) is 4.67. The molecule has 0 heteroatoms. The van der Waals surface area contributed by atoms with Gasteiger partial charge in [0.2, 0.25) is 0 Å². The van der Waals surface area contributed by atoms with Crippen molar-refractivity contribution >= 4 is 5.57 Å². The molecule has 0 N–H and O–H groups in total. The topological polar surface area (TPSA) is 0 Å². The minimum absolute atomic E-state index is 1.12. The summed E-state index contributed by atoms with van der Waals surface area (Å²) in [4.78, 5) is 0. The van der Waals surface area contributed by atoms with E-state index >= 15 is 0 Å². The molecule has 2 rings (SSSR count). The van der Waals surface area contributed by atoms with Crippen molar-refractivity contribution < 1.29 is 0 Å². The van der Waals surface area contributed by atoms with E-state index in [9.17, 15) is 0 Å². The van der Waals surface area contributed by atoms with Crippen LogP contribution in [-0.2, 0) is 0 Å². The summed E-state index contributed by atoms with van der Waals surface area (Å²) in [6.45, 7) is 10.6. The molecule has 0 amide bonds. The van der Waals surface area contributed by atoms with Crippen molar-refractivity contribution in [1.82, 2.24) is 0 Å². The monoisotopic (exact) mass is 222 g/mol. The number of hydrogen-bond acceptors (Lipinski definition) is 0. The van der Waals surface area contributed by atoms with Crippen LogP contribution in [-0.4, -0.2) is 0 Å². The van der Waals surface area contributed by atoms with Gasteiger partial charge >= 0.3 is 0 Å². The van der Waals surface area contributed by atoms with Crippen LogP contribution >= 0.6 is 0 Å². The molecule has 0 aliphatic carbocycles. The van der Waals surface area contributed by atoms with Crippen LogP contribution in [0.3, 0.4) is 0 Å². The van der Waals surface area contributed by atoms with Crippen LogP contribution in [0.15, 0.2) is 49.0 Å². The lowest BCUT2D eigenvalue weighted by Gasteiger charge is -2.12. The summed E-state index contributed by atoms with van der Waals surface area (Å²) in [7, 11) is 0. The average Bonchev–Trinajstić information content (AvgIpc) is 2.32. The summed E-state index contributed by atoms with van der Waals surface area (Å²) in [5, 5.41) is 0. The van der Waals surface area contributed by atoms with Crippen molar-refractivity contribution in [2.75, 3.05) is 0 Å². The Labute approximate surface area is 104 Å². The maximum atomic E-state index is 4.26. The van der Waals surface area contributed by atoms with Gasteiger partial charge in [0, 0.05) is 0 Å². The van der Waals surface area contributed by atoms with Crippen LogP contribution in [0.1, 0.15) is 27.8 Å². The zero-order chi connectivity index (χ0) is 12.4. The molecule has 0 saturated heterocycles. The maximum absolute atomic E-state index is 4.26. The van der Waals surface area contributed by atoms with Crippen molar-refractivity contribution in [2.45, 2.75) is 20.8 Å². The number of aryl methyl sites for hydroxylation is 3. The molecule has 86 valence electrons. The van der Waals surface area contributed by atoms with Gasteiger partial charge in [-0.25, -0.2) is 0 Å². The largest absolute Gasteiger partial charge is 0.0905 e. The molecule has 0 saturated carbocycles. The van der Waals surface area contributed by atoms with Crippen LogP contribution in [0.25, 0.3) is 5.57 Å². The fourth-order valence-electron chi connectivity index (χ4n) is 2.12. The molecule has 2 aromatic rings. The summed E-state index contributed by atoms with van der Waals surface area (Å²) >= 11 is 0. The maximum Gasteiger partial charge on any atom is -0.0152 e. The van der Waals surface area contributed by atoms with Gasteiger partial charge in [0.15, 0.2) is 0 Å². The second-order valence-electron chi connectivity index (χ2n) is 4.61. The Morgan fingerprint density at radius 2 is 1.47 bits per heavy atom. The summed E-state index contributed by atoms with van der Waals surface area (Å²) < 4.78 is 0. The van der Waals surface area contributed by atoms with Crippen LogP contribution in [0.4, 0.5) is 0 Å². The van der Waals surface area contributed by atoms with Gasteiger partial charge in [-0.3, -0.25) is 0 Å². The van der Waals surface area contributed by atoms with E-state index < -0.39 is 0 Å². The van der Waals surface area contributed by atoms with Crippen LogP contribution < -0.4 is 0 Å². The SMILES string of the molecule is C=C(c1ccccc1C)c1cc(C)ccc1C. The van der Waals surface area contributed by atoms with E-state index in [-0.39, 0.29) is 0 Å². The first-order valence-electron chi connectivity index (χ1n) is 5.92. The van der Waals surface area contributed by atoms with Crippen LogP contribution in [0.2, 0.25) is 0 Å². The molecule has 0 aromatic heterocycles. The Hall–Kier alpha value is -1.82. The first kappa shape index (κ1) is 11.7. The fraction of sp³-hybridized carbons (Fsp3) is 0.176. The standard InChI is InChI=1S/C17H18/c1-12-9-10-14(3)17(11-12)15(4)16-8-6-5-7-13(16)2/h5-11H,4H2,1-3H3. The lowest BCUT2D eigenvalue weighted by atomic mass is 9.92. The third kappa shape index (κ3) is 2.31. The molecule has 0 heterocycles. The molecule has 2 aromatic carbocycles. The lowest BCUT2D eigenvalue weighted by molar-refractivity contribution is 1.34. The highest BCUT2D eigenvalue weighted by molar-refractivity contribution is 5.81. The molecule has 0 nitrogen and oxygen atoms in total. The lowest BCUT2D eigenvalue weighted by Crippen LogP contribution is -1.93. The third-order valence-corrected chi connectivity index (χ3v) is 3.19. The predicted molar refractivity (Wildman–Crippen MR) is 75.2 cm³/mol. The highest BCUT2D eigenvalue weighted by Crippen LogP contribution is 2.27. The van der Waals surface area contributed by atoms with E-state index in [0.29, 0.717) is 0 Å². The van der Waals surface area contributed by atoms with Crippen molar-refractivity contribution in [3.63, 3.8) is 0 Å². The van der Waals surface area contributed by atoms with Gasteiger partial charge in [0.1, 0.15) is 0 Å². The Balaban J connectivity index is 2.51. The average molecular weight is 222 g/mol. The van der Waals surface area contributed by atoms with Crippen molar-refractivity contribution in [3.05, 3.63) is 76.9 Å². The zero-order valence-electron chi connectivity index (χ0n) is 10.7.